The molecule has 128 valence electrons. The SMILES string of the molecule is OCCCN(Cc1ccccc1Cl)c1cc(C2CCOC2)ncn1. The lowest BCUT2D eigenvalue weighted by molar-refractivity contribution is 0.193. The van der Waals surface area contributed by atoms with E-state index in [1.807, 2.05) is 30.3 Å². The molecule has 1 aliphatic rings. The zero-order valence-corrected chi connectivity index (χ0v) is 14.3. The first-order valence-corrected chi connectivity index (χ1v) is 8.64. The molecule has 2 heterocycles. The fraction of sp³-hybridized carbons (Fsp3) is 0.444. The fourth-order valence-electron chi connectivity index (χ4n) is 2.89. The summed E-state index contributed by atoms with van der Waals surface area (Å²) in [6.07, 6.45) is 3.29. The van der Waals surface area contributed by atoms with Gasteiger partial charge in [-0.25, -0.2) is 9.97 Å². The molecule has 0 spiro atoms. The molecule has 1 saturated heterocycles. The Bertz CT molecular complexity index is 662. The molecule has 1 aliphatic heterocycles. The van der Waals surface area contributed by atoms with Crippen LogP contribution in [0, 0.1) is 0 Å². The number of aromatic nitrogens is 2. The second-order valence-electron chi connectivity index (χ2n) is 5.95. The van der Waals surface area contributed by atoms with Gasteiger partial charge in [0.05, 0.1) is 12.3 Å². The smallest absolute Gasteiger partial charge is 0.132 e. The number of aliphatic hydroxyl groups excluding tert-OH is 1. The third kappa shape index (κ3) is 4.23. The van der Waals surface area contributed by atoms with Crippen molar-refractivity contribution in [3.63, 3.8) is 0 Å². The van der Waals surface area contributed by atoms with E-state index in [1.54, 1.807) is 6.33 Å². The summed E-state index contributed by atoms with van der Waals surface area (Å²) in [7, 11) is 0. The first-order chi connectivity index (χ1) is 11.8. The maximum absolute atomic E-state index is 9.21. The quantitative estimate of drug-likeness (QED) is 0.834. The zero-order chi connectivity index (χ0) is 16.8. The van der Waals surface area contributed by atoms with Crippen molar-refractivity contribution in [2.24, 2.45) is 0 Å². The van der Waals surface area contributed by atoms with Gasteiger partial charge in [0.15, 0.2) is 0 Å². The Kier molecular flexibility index (Phi) is 6.01. The van der Waals surface area contributed by atoms with Gasteiger partial charge in [-0.3, -0.25) is 0 Å². The maximum Gasteiger partial charge on any atom is 0.132 e. The third-order valence-electron chi connectivity index (χ3n) is 4.25. The molecule has 1 aromatic heterocycles. The highest BCUT2D eigenvalue weighted by Crippen LogP contribution is 2.26. The van der Waals surface area contributed by atoms with Crippen LogP contribution in [-0.4, -0.2) is 41.4 Å². The van der Waals surface area contributed by atoms with Crippen LogP contribution in [0.25, 0.3) is 0 Å². The molecular formula is C18H22ClN3O2. The Hall–Kier alpha value is -1.69. The van der Waals surface area contributed by atoms with Crippen molar-refractivity contribution in [2.75, 3.05) is 31.3 Å². The van der Waals surface area contributed by atoms with Crippen LogP contribution in [0.1, 0.15) is 30.0 Å². The lowest BCUT2D eigenvalue weighted by Crippen LogP contribution is -2.26. The first-order valence-electron chi connectivity index (χ1n) is 8.27. The van der Waals surface area contributed by atoms with E-state index in [-0.39, 0.29) is 6.61 Å². The summed E-state index contributed by atoms with van der Waals surface area (Å²) in [5.74, 6) is 1.20. The minimum absolute atomic E-state index is 0.146. The van der Waals surface area contributed by atoms with Crippen LogP contribution in [0.2, 0.25) is 5.02 Å². The van der Waals surface area contributed by atoms with Crippen LogP contribution in [0.15, 0.2) is 36.7 Å². The van der Waals surface area contributed by atoms with Gasteiger partial charge < -0.3 is 14.7 Å². The van der Waals surface area contributed by atoms with Crippen LogP contribution in [0.4, 0.5) is 5.82 Å². The Morgan fingerprint density at radius 2 is 2.17 bits per heavy atom. The molecule has 5 nitrogen and oxygen atoms in total. The van der Waals surface area contributed by atoms with Crippen LogP contribution < -0.4 is 4.90 Å². The van der Waals surface area contributed by atoms with Gasteiger partial charge in [-0.1, -0.05) is 29.8 Å². The predicted molar refractivity (Wildman–Crippen MR) is 94.4 cm³/mol. The summed E-state index contributed by atoms with van der Waals surface area (Å²) in [5, 5.41) is 9.95. The summed E-state index contributed by atoms with van der Waals surface area (Å²) < 4.78 is 5.46. The molecule has 1 atom stereocenters. The second-order valence-corrected chi connectivity index (χ2v) is 6.36. The van der Waals surface area contributed by atoms with Crippen LogP contribution in [-0.2, 0) is 11.3 Å². The number of ether oxygens (including phenoxy) is 1. The molecule has 3 rings (SSSR count). The summed E-state index contributed by atoms with van der Waals surface area (Å²) in [6.45, 7) is 3.01. The monoisotopic (exact) mass is 347 g/mol. The highest BCUT2D eigenvalue weighted by molar-refractivity contribution is 6.31. The van der Waals surface area contributed by atoms with E-state index in [9.17, 15) is 5.11 Å². The normalized spacial score (nSPS) is 17.2. The molecule has 1 N–H and O–H groups in total. The lowest BCUT2D eigenvalue weighted by atomic mass is 10.0. The molecular weight excluding hydrogens is 326 g/mol. The van der Waals surface area contributed by atoms with Crippen molar-refractivity contribution in [3.05, 3.63) is 52.9 Å². The molecule has 1 fully saturated rings. The van der Waals surface area contributed by atoms with Crippen molar-refractivity contribution < 1.29 is 9.84 Å². The van der Waals surface area contributed by atoms with Crippen LogP contribution >= 0.6 is 11.6 Å². The molecule has 0 aliphatic carbocycles. The van der Waals surface area contributed by atoms with Gasteiger partial charge in [-0.05, 0) is 24.5 Å². The van der Waals surface area contributed by atoms with Gasteiger partial charge >= 0.3 is 0 Å². The fourth-order valence-corrected chi connectivity index (χ4v) is 3.09. The Balaban J connectivity index is 1.82. The summed E-state index contributed by atoms with van der Waals surface area (Å²) >= 11 is 6.30. The van der Waals surface area contributed by atoms with E-state index in [0.717, 1.165) is 41.7 Å². The molecule has 0 radical (unpaired) electrons. The molecule has 1 aromatic carbocycles. The van der Waals surface area contributed by atoms with Crippen LogP contribution in [0.3, 0.4) is 0 Å². The van der Waals surface area contributed by atoms with Gasteiger partial charge in [0.25, 0.3) is 0 Å². The summed E-state index contributed by atoms with van der Waals surface area (Å²) in [4.78, 5) is 11.0. The maximum atomic E-state index is 9.21. The number of aliphatic hydroxyl groups is 1. The highest BCUT2D eigenvalue weighted by Gasteiger charge is 2.20. The Morgan fingerprint density at radius 3 is 2.92 bits per heavy atom. The van der Waals surface area contributed by atoms with E-state index in [2.05, 4.69) is 14.9 Å². The minimum Gasteiger partial charge on any atom is -0.396 e. The zero-order valence-electron chi connectivity index (χ0n) is 13.6. The van der Waals surface area contributed by atoms with Crippen molar-refractivity contribution >= 4 is 17.4 Å². The van der Waals surface area contributed by atoms with Crippen molar-refractivity contribution in [3.8, 4) is 0 Å². The van der Waals surface area contributed by atoms with E-state index >= 15 is 0 Å². The summed E-state index contributed by atoms with van der Waals surface area (Å²) in [5.41, 5.74) is 2.06. The second kappa shape index (κ2) is 8.42. The highest BCUT2D eigenvalue weighted by atomic mass is 35.5. The standard InChI is InChI=1S/C18H22ClN3O2/c19-16-5-2-1-4-14(16)11-22(7-3-8-23)18-10-17(20-13-21-18)15-6-9-24-12-15/h1-2,4-5,10,13,15,23H,3,6-9,11-12H2. The van der Waals surface area contributed by atoms with Crippen molar-refractivity contribution in [1.82, 2.24) is 9.97 Å². The van der Waals surface area contributed by atoms with E-state index < -0.39 is 0 Å². The molecule has 1 unspecified atom stereocenters. The molecule has 6 heteroatoms. The minimum atomic E-state index is 0.146. The molecule has 0 amide bonds. The number of benzene rings is 1. The topological polar surface area (TPSA) is 58.5 Å². The number of hydrogen-bond donors (Lipinski definition) is 1. The van der Waals surface area contributed by atoms with Crippen molar-refractivity contribution in [2.45, 2.75) is 25.3 Å². The van der Waals surface area contributed by atoms with Gasteiger partial charge in [0.2, 0.25) is 0 Å². The first kappa shape index (κ1) is 17.1. The van der Waals surface area contributed by atoms with E-state index in [0.29, 0.717) is 25.4 Å². The average Bonchev–Trinajstić information content (AvgIpc) is 3.15. The number of anilines is 1. The van der Waals surface area contributed by atoms with E-state index in [4.69, 9.17) is 16.3 Å². The Morgan fingerprint density at radius 1 is 1.29 bits per heavy atom. The predicted octanol–water partition coefficient (Wildman–Crippen LogP) is 3.02. The molecule has 24 heavy (non-hydrogen) atoms. The average molecular weight is 348 g/mol. The van der Waals surface area contributed by atoms with Gasteiger partial charge in [0, 0.05) is 43.3 Å². The summed E-state index contributed by atoms with van der Waals surface area (Å²) in [6, 6.07) is 9.84. The van der Waals surface area contributed by atoms with Gasteiger partial charge in [-0.2, -0.15) is 0 Å². The largest absolute Gasteiger partial charge is 0.396 e. The van der Waals surface area contributed by atoms with Crippen molar-refractivity contribution in [1.29, 1.82) is 0 Å². The number of hydrogen-bond acceptors (Lipinski definition) is 5. The molecule has 2 aromatic rings. The molecule has 0 saturated carbocycles. The van der Waals surface area contributed by atoms with Crippen LogP contribution in [0.5, 0.6) is 0 Å². The van der Waals surface area contributed by atoms with Gasteiger partial charge in [0.1, 0.15) is 12.1 Å². The van der Waals surface area contributed by atoms with E-state index in [1.165, 1.54) is 0 Å². The lowest BCUT2D eigenvalue weighted by Gasteiger charge is -2.24. The third-order valence-corrected chi connectivity index (χ3v) is 4.62. The number of rotatable bonds is 7. The number of nitrogens with zero attached hydrogens (tertiary/aromatic N) is 3. The molecule has 0 bridgehead atoms. The van der Waals surface area contributed by atoms with Gasteiger partial charge in [-0.15, -0.1) is 0 Å². The number of halogens is 1. The Labute approximate surface area is 147 Å².